The van der Waals surface area contributed by atoms with Gasteiger partial charge in [-0.1, -0.05) is 31.5 Å². The van der Waals surface area contributed by atoms with E-state index < -0.39 is 0 Å². The highest BCUT2D eigenvalue weighted by Gasteiger charge is 2.26. The number of carbonyl (C=O) groups is 1. The zero-order chi connectivity index (χ0) is 12.3. The predicted molar refractivity (Wildman–Crippen MR) is 70.1 cm³/mol. The number of hydrogen-bond acceptors (Lipinski definition) is 2. The summed E-state index contributed by atoms with van der Waals surface area (Å²) < 4.78 is 0. The highest BCUT2D eigenvalue weighted by atomic mass is 16.2. The molecule has 0 saturated carbocycles. The minimum Gasteiger partial charge on any atom is -0.373 e. The number of nitrogens with one attached hydrogen (secondary N) is 2. The molecule has 3 heteroatoms. The lowest BCUT2D eigenvalue weighted by Crippen LogP contribution is -2.42. The molecule has 0 bridgehead atoms. The Hall–Kier alpha value is -1.51. The number of benzene rings is 1. The van der Waals surface area contributed by atoms with E-state index in [-0.39, 0.29) is 18.0 Å². The normalized spacial score (nSPS) is 19.3. The fraction of sp³-hybridized carbons (Fsp3) is 0.500. The van der Waals surface area contributed by atoms with Crippen LogP contribution in [0.25, 0.3) is 0 Å². The van der Waals surface area contributed by atoms with Gasteiger partial charge in [-0.2, -0.15) is 0 Å². The first-order valence-corrected chi connectivity index (χ1v) is 6.35. The molecular weight excluding hydrogens is 212 g/mol. The molecule has 1 unspecified atom stereocenters. The quantitative estimate of drug-likeness (QED) is 0.836. The summed E-state index contributed by atoms with van der Waals surface area (Å²) in [5.41, 5.74) is 2.33. The van der Waals surface area contributed by atoms with Crippen LogP contribution in [0.15, 0.2) is 24.3 Å². The zero-order valence-corrected chi connectivity index (χ0v) is 10.5. The van der Waals surface area contributed by atoms with Crippen molar-refractivity contribution >= 4 is 11.6 Å². The Labute approximate surface area is 103 Å². The predicted octanol–water partition coefficient (Wildman–Crippen LogP) is 2.33. The smallest absolute Gasteiger partial charge is 0.243 e. The van der Waals surface area contributed by atoms with Gasteiger partial charge in [0.25, 0.3) is 0 Å². The molecule has 2 rings (SSSR count). The van der Waals surface area contributed by atoms with Gasteiger partial charge in [0.1, 0.15) is 6.04 Å². The number of para-hydroxylation sites is 1. The molecule has 1 aliphatic rings. The van der Waals surface area contributed by atoms with Crippen LogP contribution in [0.2, 0.25) is 0 Å². The maximum Gasteiger partial charge on any atom is 0.243 e. The van der Waals surface area contributed by atoms with Crippen molar-refractivity contribution in [1.82, 2.24) is 5.32 Å². The number of carbonyl (C=O) groups excluding carboxylic acids is 1. The Kier molecular flexibility index (Phi) is 3.67. The van der Waals surface area contributed by atoms with Crippen molar-refractivity contribution in [3.63, 3.8) is 0 Å². The molecule has 1 aliphatic heterocycles. The molecule has 0 radical (unpaired) electrons. The van der Waals surface area contributed by atoms with Gasteiger partial charge in [-0.05, 0) is 25.0 Å². The van der Waals surface area contributed by atoms with Gasteiger partial charge in [0, 0.05) is 18.2 Å². The molecule has 3 nitrogen and oxygen atoms in total. The van der Waals surface area contributed by atoms with Crippen LogP contribution in [0.1, 0.15) is 32.3 Å². The SMILES string of the molecule is CCCC(C)NC(=O)[C@@H]1Cc2ccccc2N1. The second-order valence-electron chi connectivity index (χ2n) is 4.76. The lowest BCUT2D eigenvalue weighted by molar-refractivity contribution is -0.122. The summed E-state index contributed by atoms with van der Waals surface area (Å²) >= 11 is 0. The molecule has 0 aromatic heterocycles. The Balaban J connectivity index is 1.92. The van der Waals surface area contributed by atoms with E-state index in [1.165, 1.54) is 5.56 Å². The third-order valence-electron chi connectivity index (χ3n) is 3.20. The minimum absolute atomic E-state index is 0.105. The second-order valence-corrected chi connectivity index (χ2v) is 4.76. The summed E-state index contributed by atoms with van der Waals surface area (Å²) in [5, 5.41) is 6.33. The number of rotatable bonds is 4. The van der Waals surface area contributed by atoms with E-state index in [0.29, 0.717) is 0 Å². The molecular formula is C14H20N2O. The number of amides is 1. The summed E-state index contributed by atoms with van der Waals surface area (Å²) in [6.45, 7) is 4.19. The number of hydrogen-bond donors (Lipinski definition) is 2. The van der Waals surface area contributed by atoms with Gasteiger partial charge in [0.05, 0.1) is 0 Å². The third-order valence-corrected chi connectivity index (χ3v) is 3.20. The van der Waals surface area contributed by atoms with E-state index in [2.05, 4.69) is 30.5 Å². The molecule has 92 valence electrons. The average Bonchev–Trinajstić information content (AvgIpc) is 2.72. The maximum absolute atomic E-state index is 12.0. The van der Waals surface area contributed by atoms with Crippen LogP contribution in [-0.4, -0.2) is 18.0 Å². The molecule has 0 spiro atoms. The molecule has 0 fully saturated rings. The summed E-state index contributed by atoms with van der Waals surface area (Å²) in [6.07, 6.45) is 2.92. The van der Waals surface area contributed by atoms with Gasteiger partial charge in [-0.3, -0.25) is 4.79 Å². The third kappa shape index (κ3) is 2.78. The fourth-order valence-electron chi connectivity index (χ4n) is 2.30. The van der Waals surface area contributed by atoms with Crippen LogP contribution in [0.3, 0.4) is 0 Å². The summed E-state index contributed by atoms with van der Waals surface area (Å²) in [4.78, 5) is 12.0. The van der Waals surface area contributed by atoms with E-state index in [1.54, 1.807) is 0 Å². The van der Waals surface area contributed by atoms with Gasteiger partial charge < -0.3 is 10.6 Å². The van der Waals surface area contributed by atoms with Crippen molar-refractivity contribution in [3.05, 3.63) is 29.8 Å². The van der Waals surface area contributed by atoms with Crippen LogP contribution in [0, 0.1) is 0 Å². The molecule has 17 heavy (non-hydrogen) atoms. The molecule has 2 atom stereocenters. The van der Waals surface area contributed by atoms with E-state index in [1.807, 2.05) is 18.2 Å². The highest BCUT2D eigenvalue weighted by Crippen LogP contribution is 2.25. The van der Waals surface area contributed by atoms with Crippen molar-refractivity contribution in [3.8, 4) is 0 Å². The van der Waals surface area contributed by atoms with Gasteiger partial charge >= 0.3 is 0 Å². The Morgan fingerprint density at radius 3 is 3.00 bits per heavy atom. The lowest BCUT2D eigenvalue weighted by Gasteiger charge is -2.16. The molecule has 1 aromatic rings. The monoisotopic (exact) mass is 232 g/mol. The number of anilines is 1. The highest BCUT2D eigenvalue weighted by molar-refractivity contribution is 5.87. The first kappa shape index (κ1) is 12.0. The van der Waals surface area contributed by atoms with E-state index in [9.17, 15) is 4.79 Å². The van der Waals surface area contributed by atoms with Crippen LogP contribution in [0.5, 0.6) is 0 Å². The van der Waals surface area contributed by atoms with Crippen molar-refractivity contribution in [1.29, 1.82) is 0 Å². The van der Waals surface area contributed by atoms with Crippen LogP contribution in [-0.2, 0) is 11.2 Å². The number of fused-ring (bicyclic) bond motifs is 1. The van der Waals surface area contributed by atoms with Gasteiger partial charge in [-0.25, -0.2) is 0 Å². The van der Waals surface area contributed by atoms with Crippen molar-refractivity contribution < 1.29 is 4.79 Å². The molecule has 1 amide bonds. The topological polar surface area (TPSA) is 41.1 Å². The van der Waals surface area contributed by atoms with Crippen LogP contribution >= 0.6 is 0 Å². The summed E-state index contributed by atoms with van der Waals surface area (Å²) in [5.74, 6) is 0.113. The maximum atomic E-state index is 12.0. The summed E-state index contributed by atoms with van der Waals surface area (Å²) in [7, 11) is 0. The lowest BCUT2D eigenvalue weighted by atomic mass is 10.1. The van der Waals surface area contributed by atoms with E-state index in [4.69, 9.17) is 0 Å². The minimum atomic E-state index is -0.105. The van der Waals surface area contributed by atoms with E-state index >= 15 is 0 Å². The molecule has 0 saturated heterocycles. The molecule has 0 aliphatic carbocycles. The van der Waals surface area contributed by atoms with Crippen molar-refractivity contribution in [2.24, 2.45) is 0 Å². The molecule has 1 aromatic carbocycles. The average molecular weight is 232 g/mol. The Morgan fingerprint density at radius 1 is 1.53 bits per heavy atom. The first-order chi connectivity index (χ1) is 8.20. The van der Waals surface area contributed by atoms with Crippen LogP contribution < -0.4 is 10.6 Å². The summed E-state index contributed by atoms with van der Waals surface area (Å²) in [6, 6.07) is 8.26. The largest absolute Gasteiger partial charge is 0.373 e. The second kappa shape index (κ2) is 5.21. The van der Waals surface area contributed by atoms with Gasteiger partial charge in [0.2, 0.25) is 5.91 Å². The van der Waals surface area contributed by atoms with Gasteiger partial charge in [-0.15, -0.1) is 0 Å². The molecule has 1 heterocycles. The Bertz CT molecular complexity index is 378. The van der Waals surface area contributed by atoms with Crippen molar-refractivity contribution in [2.45, 2.75) is 45.2 Å². The fourth-order valence-corrected chi connectivity index (χ4v) is 2.30. The van der Waals surface area contributed by atoms with E-state index in [0.717, 1.165) is 24.9 Å². The Morgan fingerprint density at radius 2 is 2.29 bits per heavy atom. The van der Waals surface area contributed by atoms with Gasteiger partial charge in [0.15, 0.2) is 0 Å². The standard InChI is InChI=1S/C14H20N2O/c1-3-6-10(2)15-14(17)13-9-11-7-4-5-8-12(11)16-13/h4-5,7-8,10,13,16H,3,6,9H2,1-2H3,(H,15,17)/t10?,13-/m0/s1. The first-order valence-electron chi connectivity index (χ1n) is 6.35. The van der Waals surface area contributed by atoms with Crippen molar-refractivity contribution in [2.75, 3.05) is 5.32 Å². The zero-order valence-electron chi connectivity index (χ0n) is 10.5. The molecule has 2 N–H and O–H groups in total. The van der Waals surface area contributed by atoms with Crippen LogP contribution in [0.4, 0.5) is 5.69 Å².